The van der Waals surface area contributed by atoms with Gasteiger partial charge in [0.15, 0.2) is 5.69 Å². The molecule has 0 aliphatic carbocycles. The number of carbonyl (C=O) groups is 2. The van der Waals surface area contributed by atoms with Crippen LogP contribution in [0.25, 0.3) is 5.69 Å². The van der Waals surface area contributed by atoms with Crippen molar-refractivity contribution in [2.45, 2.75) is 39.7 Å². The minimum atomic E-state index is -0.126. The average molecular weight is 418 g/mol. The van der Waals surface area contributed by atoms with E-state index < -0.39 is 0 Å². The average Bonchev–Trinajstić information content (AvgIpc) is 3.26. The maximum absolute atomic E-state index is 12.9. The van der Waals surface area contributed by atoms with E-state index in [-0.39, 0.29) is 17.9 Å². The monoisotopic (exact) mass is 417 g/mol. The Morgan fingerprint density at radius 2 is 1.71 bits per heavy atom. The van der Waals surface area contributed by atoms with Crippen LogP contribution in [0.4, 0.5) is 0 Å². The van der Waals surface area contributed by atoms with Gasteiger partial charge in [-0.2, -0.15) is 0 Å². The molecule has 3 aromatic rings. The summed E-state index contributed by atoms with van der Waals surface area (Å²) >= 11 is 0. The predicted octanol–water partition coefficient (Wildman–Crippen LogP) is 3.23. The van der Waals surface area contributed by atoms with Crippen molar-refractivity contribution < 1.29 is 9.59 Å². The van der Waals surface area contributed by atoms with Crippen LogP contribution in [0.15, 0.2) is 48.7 Å². The molecule has 1 aliphatic rings. The summed E-state index contributed by atoms with van der Waals surface area (Å²) in [4.78, 5) is 27.2. The standard InChI is InChI=1S/C24H27N5O2/c1-16-8-9-20(14-18(16)3)29-15-22(26-27-29)24(31)28-12-10-19(11-13-28)25-23(30)21-7-5-4-6-17(21)2/h4-9,14-15,19H,10-13H2,1-3H3,(H,25,30). The number of carbonyl (C=O) groups excluding carboxylic acids is 2. The lowest BCUT2D eigenvalue weighted by atomic mass is 10.0. The highest BCUT2D eigenvalue weighted by molar-refractivity contribution is 5.96. The molecular weight excluding hydrogens is 390 g/mol. The molecule has 2 aromatic carbocycles. The van der Waals surface area contributed by atoms with Crippen molar-refractivity contribution in [2.75, 3.05) is 13.1 Å². The molecule has 1 aliphatic heterocycles. The zero-order valence-corrected chi connectivity index (χ0v) is 18.1. The number of piperidine rings is 1. The summed E-state index contributed by atoms with van der Waals surface area (Å²) in [5.74, 6) is -0.182. The number of likely N-dealkylation sites (tertiary alicyclic amines) is 1. The van der Waals surface area contributed by atoms with Gasteiger partial charge < -0.3 is 10.2 Å². The second-order valence-corrected chi connectivity index (χ2v) is 8.17. The van der Waals surface area contributed by atoms with Crippen molar-refractivity contribution >= 4 is 11.8 Å². The number of hydrogen-bond donors (Lipinski definition) is 1. The first-order chi connectivity index (χ1) is 14.9. The van der Waals surface area contributed by atoms with Crippen LogP contribution in [0.5, 0.6) is 0 Å². The van der Waals surface area contributed by atoms with E-state index in [1.807, 2.05) is 56.3 Å². The first-order valence-corrected chi connectivity index (χ1v) is 10.6. The topological polar surface area (TPSA) is 80.1 Å². The van der Waals surface area contributed by atoms with Gasteiger partial charge in [-0.25, -0.2) is 4.68 Å². The Kier molecular flexibility index (Phi) is 5.84. The molecule has 2 amide bonds. The molecule has 7 heteroatoms. The maximum Gasteiger partial charge on any atom is 0.276 e. The van der Waals surface area contributed by atoms with Gasteiger partial charge in [-0.05, 0) is 68.5 Å². The highest BCUT2D eigenvalue weighted by atomic mass is 16.2. The van der Waals surface area contributed by atoms with Gasteiger partial charge in [-0.3, -0.25) is 9.59 Å². The van der Waals surface area contributed by atoms with Gasteiger partial charge in [0.2, 0.25) is 0 Å². The second-order valence-electron chi connectivity index (χ2n) is 8.17. The minimum Gasteiger partial charge on any atom is -0.349 e. The van der Waals surface area contributed by atoms with E-state index in [0.29, 0.717) is 37.2 Å². The third kappa shape index (κ3) is 4.50. The van der Waals surface area contributed by atoms with Crippen LogP contribution in [0.2, 0.25) is 0 Å². The van der Waals surface area contributed by atoms with Gasteiger partial charge in [-0.15, -0.1) is 5.10 Å². The zero-order chi connectivity index (χ0) is 22.0. The molecule has 0 bridgehead atoms. The lowest BCUT2D eigenvalue weighted by molar-refractivity contribution is 0.0692. The Bertz CT molecular complexity index is 1110. The molecule has 0 radical (unpaired) electrons. The Labute approximate surface area is 182 Å². The lowest BCUT2D eigenvalue weighted by Gasteiger charge is -2.32. The smallest absolute Gasteiger partial charge is 0.276 e. The molecule has 7 nitrogen and oxygen atoms in total. The van der Waals surface area contributed by atoms with Crippen molar-refractivity contribution in [1.29, 1.82) is 0 Å². The third-order valence-corrected chi connectivity index (χ3v) is 5.97. The van der Waals surface area contributed by atoms with E-state index in [0.717, 1.165) is 16.8 Å². The molecule has 1 N–H and O–H groups in total. The molecule has 4 rings (SSSR count). The van der Waals surface area contributed by atoms with E-state index in [1.165, 1.54) is 5.56 Å². The van der Waals surface area contributed by atoms with Crippen LogP contribution < -0.4 is 5.32 Å². The van der Waals surface area contributed by atoms with E-state index in [2.05, 4.69) is 22.6 Å². The normalized spacial score (nSPS) is 14.5. The van der Waals surface area contributed by atoms with Gasteiger partial charge in [0.05, 0.1) is 11.9 Å². The summed E-state index contributed by atoms with van der Waals surface area (Å²) in [6.45, 7) is 7.19. The van der Waals surface area contributed by atoms with Crippen molar-refractivity contribution in [3.8, 4) is 5.69 Å². The molecule has 2 heterocycles. The first-order valence-electron chi connectivity index (χ1n) is 10.6. The van der Waals surface area contributed by atoms with Crippen LogP contribution in [-0.4, -0.2) is 50.8 Å². The predicted molar refractivity (Wildman–Crippen MR) is 118 cm³/mol. The number of aryl methyl sites for hydroxylation is 3. The summed E-state index contributed by atoms with van der Waals surface area (Å²) in [6, 6.07) is 13.6. The van der Waals surface area contributed by atoms with Crippen LogP contribution in [0.1, 0.15) is 50.4 Å². The maximum atomic E-state index is 12.9. The number of amides is 2. The quantitative estimate of drug-likeness (QED) is 0.707. The highest BCUT2D eigenvalue weighted by Crippen LogP contribution is 2.17. The number of nitrogens with one attached hydrogen (secondary N) is 1. The Morgan fingerprint density at radius 1 is 0.968 bits per heavy atom. The van der Waals surface area contributed by atoms with Crippen molar-refractivity contribution in [2.24, 2.45) is 0 Å². The van der Waals surface area contributed by atoms with Gasteiger partial charge in [0.25, 0.3) is 11.8 Å². The van der Waals surface area contributed by atoms with Gasteiger partial charge in [0.1, 0.15) is 0 Å². The van der Waals surface area contributed by atoms with Gasteiger partial charge in [0, 0.05) is 24.7 Å². The summed E-state index contributed by atoms with van der Waals surface area (Å²) in [5, 5.41) is 11.3. The summed E-state index contributed by atoms with van der Waals surface area (Å²) < 4.78 is 1.63. The SMILES string of the molecule is Cc1ccc(-n2cc(C(=O)N3CCC(NC(=O)c4ccccc4C)CC3)nn2)cc1C. The molecule has 0 unspecified atom stereocenters. The fraction of sp³-hybridized carbons (Fsp3) is 0.333. The van der Waals surface area contributed by atoms with Gasteiger partial charge >= 0.3 is 0 Å². The molecule has 160 valence electrons. The lowest BCUT2D eigenvalue weighted by Crippen LogP contribution is -2.46. The number of benzene rings is 2. The third-order valence-electron chi connectivity index (χ3n) is 5.97. The minimum absolute atomic E-state index is 0.0563. The summed E-state index contributed by atoms with van der Waals surface area (Å²) in [5.41, 5.74) is 5.24. The molecular formula is C24H27N5O2. The van der Waals surface area contributed by atoms with E-state index in [4.69, 9.17) is 0 Å². The van der Waals surface area contributed by atoms with Gasteiger partial charge in [-0.1, -0.05) is 29.5 Å². The van der Waals surface area contributed by atoms with Crippen LogP contribution in [-0.2, 0) is 0 Å². The Balaban J connectivity index is 1.35. The van der Waals surface area contributed by atoms with Crippen LogP contribution in [0.3, 0.4) is 0 Å². The van der Waals surface area contributed by atoms with E-state index >= 15 is 0 Å². The van der Waals surface area contributed by atoms with Crippen LogP contribution >= 0.6 is 0 Å². The molecule has 0 spiro atoms. The molecule has 1 aromatic heterocycles. The number of aromatic nitrogens is 3. The molecule has 1 fully saturated rings. The van der Waals surface area contributed by atoms with Crippen molar-refractivity contribution in [3.63, 3.8) is 0 Å². The molecule has 31 heavy (non-hydrogen) atoms. The van der Waals surface area contributed by atoms with E-state index in [9.17, 15) is 9.59 Å². The number of nitrogens with zero attached hydrogens (tertiary/aromatic N) is 4. The molecule has 0 saturated carbocycles. The largest absolute Gasteiger partial charge is 0.349 e. The molecule has 0 atom stereocenters. The first kappa shape index (κ1) is 20.8. The Morgan fingerprint density at radius 3 is 2.42 bits per heavy atom. The fourth-order valence-electron chi connectivity index (χ4n) is 3.84. The Hall–Kier alpha value is -3.48. The van der Waals surface area contributed by atoms with Crippen LogP contribution in [0, 0.1) is 20.8 Å². The number of hydrogen-bond acceptors (Lipinski definition) is 4. The van der Waals surface area contributed by atoms with Crippen molar-refractivity contribution in [1.82, 2.24) is 25.2 Å². The van der Waals surface area contributed by atoms with Crippen molar-refractivity contribution in [3.05, 3.63) is 76.6 Å². The fourth-order valence-corrected chi connectivity index (χ4v) is 3.84. The zero-order valence-electron chi connectivity index (χ0n) is 18.1. The summed E-state index contributed by atoms with van der Waals surface area (Å²) in [6.07, 6.45) is 3.11. The molecule has 1 saturated heterocycles. The number of rotatable bonds is 4. The second kappa shape index (κ2) is 8.71. The van der Waals surface area contributed by atoms with E-state index in [1.54, 1.807) is 15.8 Å². The highest BCUT2D eigenvalue weighted by Gasteiger charge is 2.26. The summed E-state index contributed by atoms with van der Waals surface area (Å²) in [7, 11) is 0.